The van der Waals surface area contributed by atoms with Crippen LogP contribution in [0.15, 0.2) is 29.2 Å². The van der Waals surface area contributed by atoms with E-state index in [1.165, 1.54) is 4.31 Å². The van der Waals surface area contributed by atoms with Crippen LogP contribution in [0.4, 0.5) is 0 Å². The molecule has 0 spiro atoms. The lowest BCUT2D eigenvalue weighted by Crippen LogP contribution is -2.54. The third kappa shape index (κ3) is 5.25. The highest BCUT2D eigenvalue weighted by Gasteiger charge is 2.38. The molecule has 0 saturated carbocycles. The van der Waals surface area contributed by atoms with Crippen molar-refractivity contribution in [2.45, 2.75) is 31.1 Å². The third-order valence-corrected chi connectivity index (χ3v) is 10.6. The zero-order valence-electron chi connectivity index (χ0n) is 18.8. The summed E-state index contributed by atoms with van der Waals surface area (Å²) in [5.41, 5.74) is 0.994. The SMILES string of the molecule is Cc1ccc(S(=O)(=O)N2CCC(C(=O)N3CCN(C(=O)C4CCS(=O)(=O)C4)CC3)CC2)cc1. The summed E-state index contributed by atoms with van der Waals surface area (Å²) in [6.45, 7) is 4.17. The fraction of sp³-hybridized carbons (Fsp3) is 0.636. The molecule has 1 aromatic rings. The summed E-state index contributed by atoms with van der Waals surface area (Å²) in [4.78, 5) is 29.3. The van der Waals surface area contributed by atoms with Gasteiger partial charge in [-0.05, 0) is 38.3 Å². The Labute approximate surface area is 195 Å². The van der Waals surface area contributed by atoms with Crippen molar-refractivity contribution in [1.29, 1.82) is 0 Å². The van der Waals surface area contributed by atoms with Gasteiger partial charge >= 0.3 is 0 Å². The average molecular weight is 498 g/mol. The number of sulfonamides is 1. The number of rotatable bonds is 4. The van der Waals surface area contributed by atoms with Crippen LogP contribution in [-0.2, 0) is 29.4 Å². The van der Waals surface area contributed by atoms with Gasteiger partial charge in [0.15, 0.2) is 9.84 Å². The van der Waals surface area contributed by atoms with E-state index < -0.39 is 25.8 Å². The van der Waals surface area contributed by atoms with Crippen LogP contribution in [0.1, 0.15) is 24.8 Å². The first kappa shape index (κ1) is 24.2. The van der Waals surface area contributed by atoms with Crippen molar-refractivity contribution in [3.63, 3.8) is 0 Å². The molecule has 1 atom stereocenters. The van der Waals surface area contributed by atoms with Gasteiger partial charge in [0.2, 0.25) is 21.8 Å². The summed E-state index contributed by atoms with van der Waals surface area (Å²) < 4.78 is 50.5. The molecule has 9 nitrogen and oxygen atoms in total. The number of nitrogens with zero attached hydrogens (tertiary/aromatic N) is 3. The Morgan fingerprint density at radius 1 is 0.818 bits per heavy atom. The standard InChI is InChI=1S/C22H31N3O6S2/c1-17-2-4-20(5-3-17)33(30,31)25-9-6-18(7-10-25)21(26)23-11-13-24(14-12-23)22(27)19-8-15-32(28,29)16-19/h2-5,18-19H,6-16H2,1H3. The van der Waals surface area contributed by atoms with E-state index in [1.807, 2.05) is 6.92 Å². The largest absolute Gasteiger partial charge is 0.339 e. The Hall–Kier alpha value is -1.98. The van der Waals surface area contributed by atoms with Crippen molar-refractivity contribution in [3.8, 4) is 0 Å². The number of piperidine rings is 1. The van der Waals surface area contributed by atoms with E-state index in [0.717, 1.165) is 5.56 Å². The van der Waals surface area contributed by atoms with Crippen LogP contribution in [-0.4, -0.2) is 93.5 Å². The summed E-state index contributed by atoms with van der Waals surface area (Å²) in [5, 5.41) is 0. The molecular weight excluding hydrogens is 466 g/mol. The number of aryl methyl sites for hydroxylation is 1. The topological polar surface area (TPSA) is 112 Å². The van der Waals surface area contributed by atoms with E-state index >= 15 is 0 Å². The van der Waals surface area contributed by atoms with Gasteiger partial charge in [0.1, 0.15) is 0 Å². The number of piperazine rings is 1. The molecule has 3 saturated heterocycles. The van der Waals surface area contributed by atoms with Crippen LogP contribution >= 0.6 is 0 Å². The van der Waals surface area contributed by atoms with E-state index in [0.29, 0.717) is 58.5 Å². The number of sulfone groups is 1. The molecule has 0 aliphatic carbocycles. The molecule has 1 aromatic carbocycles. The first-order chi connectivity index (χ1) is 15.6. The fourth-order valence-electron chi connectivity index (χ4n) is 4.86. The van der Waals surface area contributed by atoms with Crippen LogP contribution < -0.4 is 0 Å². The van der Waals surface area contributed by atoms with Crippen molar-refractivity contribution in [1.82, 2.24) is 14.1 Å². The molecule has 4 rings (SSSR count). The minimum atomic E-state index is -3.56. The quantitative estimate of drug-likeness (QED) is 0.599. The molecule has 182 valence electrons. The van der Waals surface area contributed by atoms with E-state index in [9.17, 15) is 26.4 Å². The summed E-state index contributed by atoms with van der Waals surface area (Å²) in [6.07, 6.45) is 1.33. The Kier molecular flexibility index (Phi) is 6.84. The zero-order valence-corrected chi connectivity index (χ0v) is 20.5. The molecule has 11 heteroatoms. The Morgan fingerprint density at radius 2 is 1.33 bits per heavy atom. The minimum Gasteiger partial charge on any atom is -0.339 e. The summed E-state index contributed by atoms with van der Waals surface area (Å²) in [7, 11) is -6.68. The molecule has 1 unspecified atom stereocenters. The summed E-state index contributed by atoms with van der Waals surface area (Å²) >= 11 is 0. The first-order valence-electron chi connectivity index (χ1n) is 11.4. The first-order valence-corrected chi connectivity index (χ1v) is 14.7. The molecule has 0 bridgehead atoms. The van der Waals surface area contributed by atoms with Crippen molar-refractivity contribution >= 4 is 31.7 Å². The molecule has 0 N–H and O–H groups in total. The van der Waals surface area contributed by atoms with Gasteiger partial charge in [0, 0.05) is 45.2 Å². The maximum atomic E-state index is 13.0. The van der Waals surface area contributed by atoms with Gasteiger partial charge < -0.3 is 9.80 Å². The molecule has 0 aromatic heterocycles. The molecule has 2 amide bonds. The highest BCUT2D eigenvalue weighted by atomic mass is 32.2. The predicted molar refractivity (Wildman–Crippen MR) is 123 cm³/mol. The Bertz CT molecular complexity index is 1100. The van der Waals surface area contributed by atoms with Gasteiger partial charge in [-0.2, -0.15) is 4.31 Å². The highest BCUT2D eigenvalue weighted by molar-refractivity contribution is 7.91. The lowest BCUT2D eigenvalue weighted by molar-refractivity contribution is -0.144. The predicted octanol–water partition coefficient (Wildman–Crippen LogP) is 0.501. The van der Waals surface area contributed by atoms with Crippen molar-refractivity contribution in [2.75, 3.05) is 50.8 Å². The minimum absolute atomic E-state index is 0.0120. The van der Waals surface area contributed by atoms with Gasteiger partial charge in [-0.1, -0.05) is 17.7 Å². The third-order valence-electron chi connectivity index (χ3n) is 6.95. The van der Waals surface area contributed by atoms with E-state index in [2.05, 4.69) is 0 Å². The smallest absolute Gasteiger partial charge is 0.243 e. The molecule has 3 fully saturated rings. The molecule has 3 heterocycles. The monoisotopic (exact) mass is 497 g/mol. The maximum absolute atomic E-state index is 13.0. The lowest BCUT2D eigenvalue weighted by atomic mass is 9.96. The number of hydrogen-bond acceptors (Lipinski definition) is 6. The molecule has 0 radical (unpaired) electrons. The second kappa shape index (κ2) is 9.34. The van der Waals surface area contributed by atoms with Gasteiger partial charge in [-0.25, -0.2) is 16.8 Å². The van der Waals surface area contributed by atoms with Crippen molar-refractivity contribution < 1.29 is 26.4 Å². The van der Waals surface area contributed by atoms with Crippen LogP contribution in [0.3, 0.4) is 0 Å². The number of benzene rings is 1. The number of carbonyl (C=O) groups is 2. The van der Waals surface area contributed by atoms with Crippen molar-refractivity contribution in [2.24, 2.45) is 11.8 Å². The fourth-order valence-corrected chi connectivity index (χ4v) is 8.06. The number of hydrogen-bond donors (Lipinski definition) is 0. The second-order valence-corrected chi connectivity index (χ2v) is 13.4. The molecule has 3 aliphatic heterocycles. The molecule has 33 heavy (non-hydrogen) atoms. The van der Waals surface area contributed by atoms with Crippen LogP contribution in [0.2, 0.25) is 0 Å². The Balaban J connectivity index is 1.27. The highest BCUT2D eigenvalue weighted by Crippen LogP contribution is 2.26. The van der Waals surface area contributed by atoms with Gasteiger partial charge in [-0.15, -0.1) is 0 Å². The van der Waals surface area contributed by atoms with Gasteiger partial charge in [0.25, 0.3) is 0 Å². The normalized spacial score (nSPS) is 24.7. The Morgan fingerprint density at radius 3 is 1.82 bits per heavy atom. The lowest BCUT2D eigenvalue weighted by Gasteiger charge is -2.39. The van der Waals surface area contributed by atoms with Gasteiger partial charge in [-0.3, -0.25) is 9.59 Å². The van der Waals surface area contributed by atoms with Crippen LogP contribution in [0, 0.1) is 18.8 Å². The van der Waals surface area contributed by atoms with E-state index in [4.69, 9.17) is 0 Å². The number of carbonyl (C=O) groups excluding carboxylic acids is 2. The second-order valence-electron chi connectivity index (χ2n) is 9.24. The van der Waals surface area contributed by atoms with Gasteiger partial charge in [0.05, 0.1) is 22.3 Å². The van der Waals surface area contributed by atoms with E-state index in [1.54, 1.807) is 34.1 Å². The molecule has 3 aliphatic rings. The summed E-state index contributed by atoms with van der Waals surface area (Å²) in [5.74, 6) is -0.806. The van der Waals surface area contributed by atoms with Crippen LogP contribution in [0.5, 0.6) is 0 Å². The summed E-state index contributed by atoms with van der Waals surface area (Å²) in [6, 6.07) is 6.78. The van der Waals surface area contributed by atoms with Crippen LogP contribution in [0.25, 0.3) is 0 Å². The van der Waals surface area contributed by atoms with E-state index in [-0.39, 0.29) is 34.1 Å². The number of amides is 2. The van der Waals surface area contributed by atoms with Crippen molar-refractivity contribution in [3.05, 3.63) is 29.8 Å². The molecular formula is C22H31N3O6S2. The average Bonchev–Trinajstić information content (AvgIpc) is 3.18. The maximum Gasteiger partial charge on any atom is 0.243 e. The zero-order chi connectivity index (χ0) is 23.8.